The highest BCUT2D eigenvalue weighted by molar-refractivity contribution is 4.88. The van der Waals surface area contributed by atoms with Crippen LogP contribution in [-0.2, 0) is 6.54 Å². The molecular formula is C15H27N5. The topological polar surface area (TPSA) is 46.0 Å². The molecule has 0 aliphatic carbocycles. The van der Waals surface area contributed by atoms with Crippen molar-refractivity contribution >= 4 is 0 Å². The molecule has 0 aromatic carbocycles. The molecule has 3 rings (SSSR count). The summed E-state index contributed by atoms with van der Waals surface area (Å²) in [6.07, 6.45) is 8.78. The van der Waals surface area contributed by atoms with Gasteiger partial charge in [0, 0.05) is 13.1 Å². The number of piperidine rings is 1. The molecule has 0 radical (unpaired) electrons. The van der Waals surface area contributed by atoms with Gasteiger partial charge in [-0.1, -0.05) is 0 Å². The lowest BCUT2D eigenvalue weighted by molar-refractivity contribution is 0.167. The third-order valence-corrected chi connectivity index (χ3v) is 5.27. The third kappa shape index (κ3) is 3.20. The lowest BCUT2D eigenvalue weighted by atomic mass is 9.73. The van der Waals surface area contributed by atoms with Gasteiger partial charge >= 0.3 is 0 Å². The van der Waals surface area contributed by atoms with Crippen molar-refractivity contribution in [3.63, 3.8) is 0 Å². The molecule has 0 unspecified atom stereocenters. The van der Waals surface area contributed by atoms with Crippen molar-refractivity contribution < 1.29 is 0 Å². The predicted octanol–water partition coefficient (Wildman–Crippen LogP) is 1.44. The molecule has 112 valence electrons. The van der Waals surface area contributed by atoms with Gasteiger partial charge < -0.3 is 14.8 Å². The fourth-order valence-electron chi connectivity index (χ4n) is 3.77. The van der Waals surface area contributed by atoms with Crippen molar-refractivity contribution in [2.75, 3.05) is 32.7 Å². The largest absolute Gasteiger partial charge is 0.317 e. The van der Waals surface area contributed by atoms with E-state index < -0.39 is 0 Å². The molecular weight excluding hydrogens is 250 g/mol. The molecule has 3 heterocycles. The van der Waals surface area contributed by atoms with Crippen LogP contribution in [-0.4, -0.2) is 52.4 Å². The molecule has 0 amide bonds. The number of aromatic nitrogens is 3. The summed E-state index contributed by atoms with van der Waals surface area (Å²) in [6, 6.07) is 0. The maximum atomic E-state index is 4.05. The first-order chi connectivity index (χ1) is 9.77. The van der Waals surface area contributed by atoms with Crippen LogP contribution in [0.3, 0.4) is 0 Å². The van der Waals surface area contributed by atoms with Gasteiger partial charge in [-0.15, -0.1) is 10.2 Å². The first-order valence-electron chi connectivity index (χ1n) is 8.05. The highest BCUT2D eigenvalue weighted by Gasteiger charge is 2.33. The number of nitrogens with one attached hydrogen (secondary N) is 1. The molecule has 2 saturated heterocycles. The van der Waals surface area contributed by atoms with E-state index in [0.29, 0.717) is 5.41 Å². The number of hydrogen-bond acceptors (Lipinski definition) is 4. The zero-order valence-electron chi connectivity index (χ0n) is 12.6. The van der Waals surface area contributed by atoms with E-state index in [1.54, 1.807) is 0 Å². The Labute approximate surface area is 121 Å². The zero-order valence-corrected chi connectivity index (χ0v) is 12.6. The SMILES string of the molecule is Cc1nncn1CCN1CCCC2(CCNCC2)CC1. The standard InChI is InChI=1S/C15H27N5/c1-14-18-17-13-20(14)12-11-19-9-2-3-15(6-10-19)4-7-16-8-5-15/h13,16H,2-12H2,1H3. The van der Waals surface area contributed by atoms with Gasteiger partial charge in [-0.2, -0.15) is 0 Å². The molecule has 0 atom stereocenters. The van der Waals surface area contributed by atoms with E-state index in [2.05, 4.69) is 25.0 Å². The first-order valence-corrected chi connectivity index (χ1v) is 8.05. The number of aryl methyl sites for hydroxylation is 1. The van der Waals surface area contributed by atoms with Gasteiger partial charge in [0.05, 0.1) is 0 Å². The van der Waals surface area contributed by atoms with Crippen molar-refractivity contribution in [2.45, 2.75) is 45.6 Å². The number of rotatable bonds is 3. The van der Waals surface area contributed by atoms with E-state index in [0.717, 1.165) is 18.9 Å². The lowest BCUT2D eigenvalue weighted by Gasteiger charge is -2.37. The zero-order chi connectivity index (χ0) is 13.8. The summed E-state index contributed by atoms with van der Waals surface area (Å²) < 4.78 is 2.16. The molecule has 0 saturated carbocycles. The second-order valence-electron chi connectivity index (χ2n) is 6.52. The number of likely N-dealkylation sites (tertiary alicyclic amines) is 1. The molecule has 5 nitrogen and oxygen atoms in total. The number of nitrogens with zero attached hydrogens (tertiary/aromatic N) is 4. The average Bonchev–Trinajstić information content (AvgIpc) is 2.78. The molecule has 1 aromatic heterocycles. The van der Waals surface area contributed by atoms with Crippen LogP contribution in [0.5, 0.6) is 0 Å². The maximum Gasteiger partial charge on any atom is 0.129 e. The van der Waals surface area contributed by atoms with Crippen LogP contribution in [0.4, 0.5) is 0 Å². The summed E-state index contributed by atoms with van der Waals surface area (Å²) in [5, 5.41) is 11.5. The quantitative estimate of drug-likeness (QED) is 0.908. The van der Waals surface area contributed by atoms with E-state index >= 15 is 0 Å². The molecule has 20 heavy (non-hydrogen) atoms. The monoisotopic (exact) mass is 277 g/mol. The minimum absolute atomic E-state index is 0.645. The van der Waals surface area contributed by atoms with E-state index in [1.165, 1.54) is 58.3 Å². The van der Waals surface area contributed by atoms with E-state index in [-0.39, 0.29) is 0 Å². The molecule has 2 fully saturated rings. The molecule has 1 N–H and O–H groups in total. The summed E-state index contributed by atoms with van der Waals surface area (Å²) >= 11 is 0. The Hall–Kier alpha value is -0.940. The highest BCUT2D eigenvalue weighted by atomic mass is 15.3. The van der Waals surface area contributed by atoms with Crippen LogP contribution >= 0.6 is 0 Å². The van der Waals surface area contributed by atoms with Gasteiger partial charge in [0.25, 0.3) is 0 Å². The van der Waals surface area contributed by atoms with Crippen LogP contribution in [0.1, 0.15) is 37.9 Å². The Morgan fingerprint density at radius 1 is 1.15 bits per heavy atom. The van der Waals surface area contributed by atoms with Crippen LogP contribution in [0.15, 0.2) is 6.33 Å². The second-order valence-corrected chi connectivity index (χ2v) is 6.52. The van der Waals surface area contributed by atoms with E-state index in [9.17, 15) is 0 Å². The maximum absolute atomic E-state index is 4.05. The Bertz CT molecular complexity index is 422. The molecule has 2 aliphatic heterocycles. The number of hydrogen-bond donors (Lipinski definition) is 1. The highest BCUT2D eigenvalue weighted by Crippen LogP contribution is 2.39. The Kier molecular flexibility index (Phi) is 4.36. The second kappa shape index (κ2) is 6.22. The van der Waals surface area contributed by atoms with Crippen molar-refractivity contribution in [3.8, 4) is 0 Å². The molecule has 1 aromatic rings. The van der Waals surface area contributed by atoms with Gasteiger partial charge in [-0.3, -0.25) is 0 Å². The summed E-state index contributed by atoms with van der Waals surface area (Å²) in [7, 11) is 0. The van der Waals surface area contributed by atoms with Crippen molar-refractivity contribution in [3.05, 3.63) is 12.2 Å². The average molecular weight is 277 g/mol. The van der Waals surface area contributed by atoms with Gasteiger partial charge in [0.2, 0.25) is 0 Å². The summed E-state index contributed by atoms with van der Waals surface area (Å²) in [5.41, 5.74) is 0.645. The minimum atomic E-state index is 0.645. The Balaban J connectivity index is 1.51. The van der Waals surface area contributed by atoms with Gasteiger partial charge in [0.1, 0.15) is 12.2 Å². The van der Waals surface area contributed by atoms with Crippen molar-refractivity contribution in [1.29, 1.82) is 0 Å². The summed E-state index contributed by atoms with van der Waals surface area (Å²) in [5.74, 6) is 1.02. The summed E-state index contributed by atoms with van der Waals surface area (Å²) in [4.78, 5) is 2.64. The van der Waals surface area contributed by atoms with Gasteiger partial charge in [-0.05, 0) is 70.6 Å². The first kappa shape index (κ1) is 14.0. The normalized spacial score (nSPS) is 23.9. The van der Waals surface area contributed by atoms with E-state index in [4.69, 9.17) is 0 Å². The smallest absolute Gasteiger partial charge is 0.129 e. The minimum Gasteiger partial charge on any atom is -0.317 e. The van der Waals surface area contributed by atoms with Gasteiger partial charge in [0.15, 0.2) is 0 Å². The summed E-state index contributed by atoms with van der Waals surface area (Å²) in [6.45, 7) is 9.15. The van der Waals surface area contributed by atoms with Crippen LogP contribution in [0.25, 0.3) is 0 Å². The molecule has 1 spiro atoms. The van der Waals surface area contributed by atoms with E-state index in [1.807, 2.05) is 13.3 Å². The Morgan fingerprint density at radius 3 is 2.75 bits per heavy atom. The van der Waals surface area contributed by atoms with Gasteiger partial charge in [-0.25, -0.2) is 0 Å². The molecule has 2 aliphatic rings. The lowest BCUT2D eigenvalue weighted by Crippen LogP contribution is -2.37. The fourth-order valence-corrected chi connectivity index (χ4v) is 3.77. The predicted molar refractivity (Wildman–Crippen MR) is 79.6 cm³/mol. The third-order valence-electron chi connectivity index (χ3n) is 5.27. The molecule has 5 heteroatoms. The molecule has 0 bridgehead atoms. The van der Waals surface area contributed by atoms with Crippen LogP contribution in [0, 0.1) is 12.3 Å². The fraction of sp³-hybridized carbons (Fsp3) is 0.867. The van der Waals surface area contributed by atoms with Crippen molar-refractivity contribution in [2.24, 2.45) is 5.41 Å². The Morgan fingerprint density at radius 2 is 2.00 bits per heavy atom. The van der Waals surface area contributed by atoms with Crippen LogP contribution in [0.2, 0.25) is 0 Å². The van der Waals surface area contributed by atoms with Crippen LogP contribution < -0.4 is 5.32 Å². The van der Waals surface area contributed by atoms with Crippen molar-refractivity contribution in [1.82, 2.24) is 25.0 Å².